The first-order valence-electron chi connectivity index (χ1n) is 7.51. The minimum atomic E-state index is -0.270. The Morgan fingerprint density at radius 1 is 1.04 bits per heavy atom. The van der Waals surface area contributed by atoms with Gasteiger partial charge in [-0.2, -0.15) is 4.98 Å². The van der Waals surface area contributed by atoms with Crippen molar-refractivity contribution in [3.05, 3.63) is 52.9 Å². The van der Waals surface area contributed by atoms with Crippen LogP contribution < -0.4 is 19.8 Å². The Bertz CT molecular complexity index is 879. The van der Waals surface area contributed by atoms with Crippen molar-refractivity contribution in [2.45, 2.75) is 6.42 Å². The van der Waals surface area contributed by atoms with E-state index in [1.807, 2.05) is 24.3 Å². The van der Waals surface area contributed by atoms with Crippen molar-refractivity contribution >= 4 is 11.0 Å². The molecule has 0 radical (unpaired) electrons. The van der Waals surface area contributed by atoms with E-state index in [2.05, 4.69) is 15.0 Å². The number of methoxy groups -OCH3 is 1. The van der Waals surface area contributed by atoms with Gasteiger partial charge in [0.1, 0.15) is 0 Å². The number of hydrogen-bond acceptors (Lipinski definition) is 6. The van der Waals surface area contributed by atoms with Crippen molar-refractivity contribution in [1.82, 2.24) is 15.0 Å². The molecule has 24 heavy (non-hydrogen) atoms. The van der Waals surface area contributed by atoms with E-state index in [0.717, 1.165) is 0 Å². The standard InChI is InChI=1S/C17H17N3O4/c1-22-13-7-2-3-8-14(13)23-10-5-11-24-17-19-15-12(16(21)20-17)6-4-9-18-15/h2-4,6-9H,5,10-11H2,1H3,(H,18,19,20,21). The molecule has 0 atom stereocenters. The van der Waals surface area contributed by atoms with Crippen molar-refractivity contribution in [2.75, 3.05) is 20.3 Å². The van der Waals surface area contributed by atoms with Gasteiger partial charge >= 0.3 is 0 Å². The van der Waals surface area contributed by atoms with Crippen LogP contribution in [0.15, 0.2) is 47.4 Å². The van der Waals surface area contributed by atoms with Gasteiger partial charge < -0.3 is 14.2 Å². The first-order chi connectivity index (χ1) is 11.8. The van der Waals surface area contributed by atoms with Gasteiger partial charge in [-0.25, -0.2) is 4.98 Å². The van der Waals surface area contributed by atoms with Crippen molar-refractivity contribution in [3.63, 3.8) is 0 Å². The smallest absolute Gasteiger partial charge is 0.298 e. The highest BCUT2D eigenvalue weighted by molar-refractivity contribution is 5.72. The molecule has 0 aliphatic heterocycles. The van der Waals surface area contributed by atoms with Gasteiger partial charge in [-0.1, -0.05) is 12.1 Å². The Kier molecular flexibility index (Phi) is 4.90. The topological polar surface area (TPSA) is 86.3 Å². The van der Waals surface area contributed by atoms with E-state index in [1.54, 1.807) is 25.4 Å². The molecule has 0 spiro atoms. The number of aromatic nitrogens is 3. The number of fused-ring (bicyclic) bond motifs is 1. The highest BCUT2D eigenvalue weighted by Gasteiger charge is 2.05. The molecule has 0 saturated carbocycles. The number of aromatic amines is 1. The van der Waals surface area contributed by atoms with Gasteiger partial charge in [0, 0.05) is 12.6 Å². The summed E-state index contributed by atoms with van der Waals surface area (Å²) in [6.45, 7) is 0.812. The largest absolute Gasteiger partial charge is 0.493 e. The Morgan fingerprint density at radius 3 is 2.67 bits per heavy atom. The molecule has 2 heterocycles. The molecule has 7 heteroatoms. The summed E-state index contributed by atoms with van der Waals surface area (Å²) in [5, 5.41) is 0.435. The molecule has 3 rings (SSSR count). The number of rotatable bonds is 7. The predicted octanol–water partition coefficient (Wildman–Crippen LogP) is 2.17. The lowest BCUT2D eigenvalue weighted by molar-refractivity contribution is 0.231. The van der Waals surface area contributed by atoms with Gasteiger partial charge in [0.25, 0.3) is 11.6 Å². The maximum Gasteiger partial charge on any atom is 0.298 e. The zero-order valence-electron chi connectivity index (χ0n) is 13.2. The third kappa shape index (κ3) is 3.62. The summed E-state index contributed by atoms with van der Waals surface area (Å²) in [4.78, 5) is 22.7. The van der Waals surface area contributed by atoms with Gasteiger partial charge in [-0.3, -0.25) is 9.78 Å². The van der Waals surface area contributed by atoms with Crippen molar-refractivity contribution < 1.29 is 14.2 Å². The molecule has 0 saturated heterocycles. The zero-order chi connectivity index (χ0) is 16.8. The van der Waals surface area contributed by atoms with Crippen LogP contribution in [0.3, 0.4) is 0 Å². The summed E-state index contributed by atoms with van der Waals surface area (Å²) in [5.41, 5.74) is 0.0925. The number of ether oxygens (including phenoxy) is 3. The average Bonchev–Trinajstić information content (AvgIpc) is 2.62. The molecule has 1 aromatic carbocycles. The second-order valence-corrected chi connectivity index (χ2v) is 4.95. The summed E-state index contributed by atoms with van der Waals surface area (Å²) >= 11 is 0. The molecule has 7 nitrogen and oxygen atoms in total. The zero-order valence-corrected chi connectivity index (χ0v) is 13.2. The van der Waals surface area contributed by atoms with Gasteiger partial charge in [-0.15, -0.1) is 0 Å². The molecular weight excluding hydrogens is 310 g/mol. The van der Waals surface area contributed by atoms with Crippen LogP contribution in [0.2, 0.25) is 0 Å². The van der Waals surface area contributed by atoms with E-state index >= 15 is 0 Å². The molecule has 0 aliphatic rings. The lowest BCUT2D eigenvalue weighted by Gasteiger charge is -2.10. The maximum absolute atomic E-state index is 11.9. The van der Waals surface area contributed by atoms with Crippen molar-refractivity contribution in [3.8, 4) is 17.5 Å². The summed E-state index contributed by atoms with van der Waals surface area (Å²) in [7, 11) is 1.60. The molecule has 0 unspecified atom stereocenters. The van der Waals surface area contributed by atoms with Crippen LogP contribution >= 0.6 is 0 Å². The van der Waals surface area contributed by atoms with E-state index in [9.17, 15) is 4.79 Å². The highest BCUT2D eigenvalue weighted by atomic mass is 16.5. The third-order valence-electron chi connectivity index (χ3n) is 3.31. The van der Waals surface area contributed by atoms with E-state index < -0.39 is 0 Å². The average molecular weight is 327 g/mol. The number of benzene rings is 1. The fourth-order valence-corrected chi connectivity index (χ4v) is 2.17. The molecular formula is C17H17N3O4. The number of nitrogens with zero attached hydrogens (tertiary/aromatic N) is 2. The number of nitrogens with one attached hydrogen (secondary N) is 1. The molecule has 0 aliphatic carbocycles. The van der Waals surface area contributed by atoms with Crippen LogP contribution in [-0.2, 0) is 0 Å². The lowest BCUT2D eigenvalue weighted by atomic mass is 10.3. The van der Waals surface area contributed by atoms with E-state index in [1.165, 1.54) is 0 Å². The number of hydrogen-bond donors (Lipinski definition) is 1. The molecule has 0 bridgehead atoms. The number of pyridine rings is 1. The van der Waals surface area contributed by atoms with Crippen LogP contribution in [0.4, 0.5) is 0 Å². The number of para-hydroxylation sites is 2. The SMILES string of the molecule is COc1ccccc1OCCCOc1nc2ncccc2c(=O)[nH]1. The van der Waals surface area contributed by atoms with Crippen LogP contribution in [0, 0.1) is 0 Å². The Morgan fingerprint density at radius 2 is 1.83 bits per heavy atom. The highest BCUT2D eigenvalue weighted by Crippen LogP contribution is 2.25. The van der Waals surface area contributed by atoms with E-state index in [-0.39, 0.29) is 11.6 Å². The second kappa shape index (κ2) is 7.45. The maximum atomic E-state index is 11.9. The molecule has 3 aromatic rings. The predicted molar refractivity (Wildman–Crippen MR) is 88.8 cm³/mol. The van der Waals surface area contributed by atoms with Crippen LogP contribution in [0.25, 0.3) is 11.0 Å². The van der Waals surface area contributed by atoms with Gasteiger partial charge in [0.15, 0.2) is 17.1 Å². The molecule has 1 N–H and O–H groups in total. The Balaban J connectivity index is 1.53. The summed E-state index contributed by atoms with van der Waals surface area (Å²) in [6, 6.07) is 10.9. The first-order valence-corrected chi connectivity index (χ1v) is 7.51. The molecule has 0 fully saturated rings. The second-order valence-electron chi connectivity index (χ2n) is 4.95. The van der Waals surface area contributed by atoms with E-state index in [4.69, 9.17) is 14.2 Å². The van der Waals surface area contributed by atoms with Crippen molar-refractivity contribution in [2.24, 2.45) is 0 Å². The quantitative estimate of drug-likeness (QED) is 0.669. The minimum absolute atomic E-state index is 0.156. The normalized spacial score (nSPS) is 10.5. The van der Waals surface area contributed by atoms with Gasteiger partial charge in [0.05, 0.1) is 25.7 Å². The molecule has 2 aromatic heterocycles. The Labute approximate surface area is 138 Å². The first kappa shape index (κ1) is 15.8. The molecule has 124 valence electrons. The Hall–Kier alpha value is -3.09. The van der Waals surface area contributed by atoms with Crippen LogP contribution in [0.1, 0.15) is 6.42 Å². The molecule has 0 amide bonds. The monoisotopic (exact) mass is 327 g/mol. The summed E-state index contributed by atoms with van der Waals surface area (Å²) < 4.78 is 16.3. The summed E-state index contributed by atoms with van der Waals surface area (Å²) in [6.07, 6.45) is 2.21. The minimum Gasteiger partial charge on any atom is -0.493 e. The van der Waals surface area contributed by atoms with E-state index in [0.29, 0.717) is 42.2 Å². The third-order valence-corrected chi connectivity index (χ3v) is 3.31. The fraction of sp³-hybridized carbons (Fsp3) is 0.235. The van der Waals surface area contributed by atoms with Crippen LogP contribution in [0.5, 0.6) is 17.5 Å². The van der Waals surface area contributed by atoms with Crippen molar-refractivity contribution in [1.29, 1.82) is 0 Å². The number of H-pyrrole nitrogens is 1. The summed E-state index contributed by atoms with van der Waals surface area (Å²) in [5.74, 6) is 1.37. The van der Waals surface area contributed by atoms with Gasteiger partial charge in [-0.05, 0) is 24.3 Å². The fourth-order valence-electron chi connectivity index (χ4n) is 2.17. The van der Waals surface area contributed by atoms with Gasteiger partial charge in [0.2, 0.25) is 0 Å². The lowest BCUT2D eigenvalue weighted by Crippen LogP contribution is -2.13. The van der Waals surface area contributed by atoms with Crippen LogP contribution in [-0.4, -0.2) is 35.3 Å².